The summed E-state index contributed by atoms with van der Waals surface area (Å²) >= 11 is 0. The number of hydrogen-bond acceptors (Lipinski definition) is 6. The third kappa shape index (κ3) is 2.51. The number of aromatic nitrogens is 3. The lowest BCUT2D eigenvalue weighted by Crippen LogP contribution is -2.29. The van der Waals surface area contributed by atoms with Gasteiger partial charge in [0.15, 0.2) is 5.76 Å². The van der Waals surface area contributed by atoms with Gasteiger partial charge in [-0.15, -0.1) is 0 Å². The van der Waals surface area contributed by atoms with Gasteiger partial charge in [-0.1, -0.05) is 5.16 Å². The normalized spacial score (nSPS) is 19.0. The Balaban J connectivity index is 2.03. The highest BCUT2D eigenvalue weighted by atomic mass is 16.5. The molecule has 6 nitrogen and oxygen atoms in total. The summed E-state index contributed by atoms with van der Waals surface area (Å²) in [7, 11) is 1.58. The summed E-state index contributed by atoms with van der Waals surface area (Å²) in [5, 5.41) is 7.35. The third-order valence-corrected chi connectivity index (χ3v) is 3.56. The number of nitrogens with zero attached hydrogens (tertiary/aromatic N) is 3. The van der Waals surface area contributed by atoms with Gasteiger partial charge in [0, 0.05) is 24.7 Å². The molecule has 0 aliphatic carbocycles. The molecule has 2 aromatic rings. The number of nitrogens with one attached hydrogen (secondary N) is 1. The Morgan fingerprint density at radius 1 is 1.45 bits per heavy atom. The zero-order valence-corrected chi connectivity index (χ0v) is 11.7. The summed E-state index contributed by atoms with van der Waals surface area (Å²) in [6.45, 7) is 3.88. The maximum absolute atomic E-state index is 5.36. The van der Waals surface area contributed by atoms with Crippen molar-refractivity contribution in [2.75, 3.05) is 20.2 Å². The number of aryl methyl sites for hydroxylation is 1. The van der Waals surface area contributed by atoms with Crippen LogP contribution in [0.15, 0.2) is 16.8 Å². The molecule has 0 radical (unpaired) electrons. The van der Waals surface area contributed by atoms with Crippen molar-refractivity contribution in [3.8, 4) is 17.3 Å². The molecule has 0 saturated carbocycles. The van der Waals surface area contributed by atoms with Crippen molar-refractivity contribution >= 4 is 0 Å². The van der Waals surface area contributed by atoms with Gasteiger partial charge in [0.1, 0.15) is 0 Å². The average molecular weight is 274 g/mol. The van der Waals surface area contributed by atoms with Crippen molar-refractivity contribution in [1.82, 2.24) is 20.4 Å². The number of rotatable bonds is 3. The SMILES string of the molecule is COc1ncc(-c2cc(C)no2)c([C@H]2CCCNC2)n1. The predicted octanol–water partition coefficient (Wildman–Crippen LogP) is 1.92. The summed E-state index contributed by atoms with van der Waals surface area (Å²) in [6.07, 6.45) is 4.01. The quantitative estimate of drug-likeness (QED) is 0.921. The van der Waals surface area contributed by atoms with E-state index >= 15 is 0 Å². The van der Waals surface area contributed by atoms with Crippen LogP contribution in [-0.2, 0) is 0 Å². The highest BCUT2D eigenvalue weighted by Crippen LogP contribution is 2.32. The van der Waals surface area contributed by atoms with Crippen LogP contribution in [0.1, 0.15) is 30.1 Å². The van der Waals surface area contributed by atoms with Crippen LogP contribution >= 0.6 is 0 Å². The number of hydrogen-bond donors (Lipinski definition) is 1. The molecule has 3 heterocycles. The van der Waals surface area contributed by atoms with Crippen LogP contribution in [0.25, 0.3) is 11.3 Å². The summed E-state index contributed by atoms with van der Waals surface area (Å²) in [5.41, 5.74) is 2.73. The average Bonchev–Trinajstić information content (AvgIpc) is 2.94. The first-order chi connectivity index (χ1) is 9.78. The molecule has 2 aromatic heterocycles. The fourth-order valence-corrected chi connectivity index (χ4v) is 2.55. The largest absolute Gasteiger partial charge is 0.467 e. The van der Waals surface area contributed by atoms with Gasteiger partial charge in [0.2, 0.25) is 0 Å². The minimum Gasteiger partial charge on any atom is -0.467 e. The maximum Gasteiger partial charge on any atom is 0.316 e. The molecule has 1 aliphatic heterocycles. The Morgan fingerprint density at radius 3 is 3.00 bits per heavy atom. The van der Waals surface area contributed by atoms with E-state index < -0.39 is 0 Å². The molecule has 20 heavy (non-hydrogen) atoms. The van der Waals surface area contributed by atoms with Crippen molar-refractivity contribution in [3.05, 3.63) is 23.7 Å². The van der Waals surface area contributed by atoms with Gasteiger partial charge in [0.25, 0.3) is 0 Å². The molecular formula is C14H18N4O2. The van der Waals surface area contributed by atoms with Crippen LogP contribution in [0, 0.1) is 6.92 Å². The van der Waals surface area contributed by atoms with Crippen LogP contribution in [0.3, 0.4) is 0 Å². The Kier molecular flexibility index (Phi) is 3.64. The minimum absolute atomic E-state index is 0.348. The summed E-state index contributed by atoms with van der Waals surface area (Å²) in [6, 6.07) is 2.30. The Labute approximate surface area is 117 Å². The molecule has 1 atom stereocenters. The van der Waals surface area contributed by atoms with Crippen LogP contribution in [0.4, 0.5) is 0 Å². The van der Waals surface area contributed by atoms with Gasteiger partial charge in [-0.25, -0.2) is 4.98 Å². The zero-order valence-electron chi connectivity index (χ0n) is 11.7. The van der Waals surface area contributed by atoms with Crippen LogP contribution in [0.2, 0.25) is 0 Å². The second kappa shape index (κ2) is 5.58. The first-order valence-corrected chi connectivity index (χ1v) is 6.83. The van der Waals surface area contributed by atoms with Gasteiger partial charge < -0.3 is 14.6 Å². The molecule has 1 fully saturated rings. The highest BCUT2D eigenvalue weighted by Gasteiger charge is 2.23. The van der Waals surface area contributed by atoms with Crippen molar-refractivity contribution in [2.45, 2.75) is 25.7 Å². The van der Waals surface area contributed by atoms with E-state index in [0.29, 0.717) is 17.7 Å². The molecule has 3 rings (SSSR count). The van der Waals surface area contributed by atoms with Crippen LogP contribution < -0.4 is 10.1 Å². The van der Waals surface area contributed by atoms with Crippen molar-refractivity contribution in [2.24, 2.45) is 0 Å². The van der Waals surface area contributed by atoms with E-state index in [-0.39, 0.29) is 0 Å². The monoisotopic (exact) mass is 274 g/mol. The highest BCUT2D eigenvalue weighted by molar-refractivity contribution is 5.60. The molecule has 0 bridgehead atoms. The van der Waals surface area contributed by atoms with E-state index in [9.17, 15) is 0 Å². The van der Waals surface area contributed by atoms with Crippen LogP contribution in [0.5, 0.6) is 6.01 Å². The molecule has 1 saturated heterocycles. The van der Waals surface area contributed by atoms with Gasteiger partial charge in [0.05, 0.1) is 24.1 Å². The second-order valence-electron chi connectivity index (χ2n) is 5.03. The number of ether oxygens (including phenoxy) is 1. The molecule has 0 amide bonds. The van der Waals surface area contributed by atoms with Crippen molar-refractivity contribution < 1.29 is 9.26 Å². The van der Waals surface area contributed by atoms with Gasteiger partial charge in [-0.3, -0.25) is 0 Å². The molecule has 1 N–H and O–H groups in total. The second-order valence-corrected chi connectivity index (χ2v) is 5.03. The zero-order chi connectivity index (χ0) is 13.9. The molecule has 1 aliphatic rings. The van der Waals surface area contributed by atoms with Crippen molar-refractivity contribution in [3.63, 3.8) is 0 Å². The Bertz CT molecular complexity index is 591. The van der Waals surface area contributed by atoms with Gasteiger partial charge >= 0.3 is 6.01 Å². The Morgan fingerprint density at radius 2 is 2.35 bits per heavy atom. The standard InChI is InChI=1S/C14H18N4O2/c1-9-6-12(20-18-9)11-8-16-14(19-2)17-13(11)10-4-3-5-15-7-10/h6,8,10,15H,3-5,7H2,1-2H3/t10-/m0/s1. The smallest absolute Gasteiger partial charge is 0.316 e. The van der Waals surface area contributed by atoms with E-state index in [1.807, 2.05) is 13.0 Å². The lowest BCUT2D eigenvalue weighted by atomic mass is 9.92. The van der Waals surface area contributed by atoms with E-state index in [1.165, 1.54) is 0 Å². The summed E-state index contributed by atoms with van der Waals surface area (Å²) in [4.78, 5) is 8.74. The molecule has 0 unspecified atom stereocenters. The minimum atomic E-state index is 0.348. The van der Waals surface area contributed by atoms with Gasteiger partial charge in [-0.2, -0.15) is 4.98 Å². The lowest BCUT2D eigenvalue weighted by Gasteiger charge is -2.23. The molecule has 0 aromatic carbocycles. The maximum atomic E-state index is 5.36. The predicted molar refractivity (Wildman–Crippen MR) is 73.7 cm³/mol. The topological polar surface area (TPSA) is 73.1 Å². The first-order valence-electron chi connectivity index (χ1n) is 6.83. The molecule has 6 heteroatoms. The summed E-state index contributed by atoms with van der Waals surface area (Å²) < 4.78 is 10.5. The van der Waals surface area contributed by atoms with E-state index in [0.717, 1.165) is 42.9 Å². The summed E-state index contributed by atoms with van der Waals surface area (Å²) in [5.74, 6) is 1.06. The molecule has 0 spiro atoms. The van der Waals surface area contributed by atoms with Gasteiger partial charge in [-0.05, 0) is 26.3 Å². The number of methoxy groups -OCH3 is 1. The van der Waals surface area contributed by atoms with E-state index in [4.69, 9.17) is 9.26 Å². The lowest BCUT2D eigenvalue weighted by molar-refractivity contribution is 0.372. The van der Waals surface area contributed by atoms with Crippen molar-refractivity contribution in [1.29, 1.82) is 0 Å². The molecular weight excluding hydrogens is 256 g/mol. The fraction of sp³-hybridized carbons (Fsp3) is 0.500. The fourth-order valence-electron chi connectivity index (χ4n) is 2.55. The first kappa shape index (κ1) is 13.1. The molecule has 106 valence electrons. The number of piperidine rings is 1. The van der Waals surface area contributed by atoms with Crippen LogP contribution in [-0.4, -0.2) is 35.3 Å². The Hall–Kier alpha value is -1.95. The third-order valence-electron chi connectivity index (χ3n) is 3.56. The van der Waals surface area contributed by atoms with E-state index in [2.05, 4.69) is 20.4 Å². The van der Waals surface area contributed by atoms with E-state index in [1.54, 1.807) is 13.3 Å².